The fraction of sp³-hybridized carbons (Fsp3) is 0.235. The average Bonchev–Trinajstić information content (AvgIpc) is 2.69. The number of nitro benzene ring substituents is 1. The number of rotatable bonds is 6. The molecule has 1 unspecified atom stereocenters. The highest BCUT2D eigenvalue weighted by atomic mass is 19.4. The highest BCUT2D eigenvalue weighted by Gasteiger charge is 2.38. The molecule has 0 saturated carbocycles. The van der Waals surface area contributed by atoms with E-state index in [9.17, 15) is 55.1 Å². The highest BCUT2D eigenvalue weighted by Crippen LogP contribution is 2.37. The molecule has 174 valence electrons. The number of nitro groups is 1. The van der Waals surface area contributed by atoms with E-state index in [1.807, 2.05) is 0 Å². The van der Waals surface area contributed by atoms with Gasteiger partial charge in [0.05, 0.1) is 11.5 Å². The molecule has 0 fully saturated rings. The molecular formula is C17H9F8N2O5-. The van der Waals surface area contributed by atoms with Gasteiger partial charge in [-0.1, -0.05) is 6.92 Å². The molecule has 0 bridgehead atoms. The summed E-state index contributed by atoms with van der Waals surface area (Å²) in [7, 11) is 0. The van der Waals surface area contributed by atoms with E-state index < -0.39 is 81.0 Å². The minimum atomic E-state index is -5.20. The monoisotopic (exact) mass is 473 g/mol. The van der Waals surface area contributed by atoms with Crippen LogP contribution in [0.5, 0.6) is 5.75 Å². The number of nitrogens with one attached hydrogen (secondary N) is 1. The Morgan fingerprint density at radius 3 is 2.00 bits per heavy atom. The van der Waals surface area contributed by atoms with E-state index in [-0.39, 0.29) is 6.07 Å². The summed E-state index contributed by atoms with van der Waals surface area (Å²) < 4.78 is 110. The molecule has 32 heavy (non-hydrogen) atoms. The molecule has 0 saturated heterocycles. The van der Waals surface area contributed by atoms with Crippen LogP contribution in [0.1, 0.15) is 12.5 Å². The molecule has 15 heteroatoms. The highest BCUT2D eigenvalue weighted by molar-refractivity contribution is 5.96. The first-order valence-corrected chi connectivity index (χ1v) is 8.09. The molecule has 0 aliphatic rings. The zero-order chi connectivity index (χ0) is 24.6. The van der Waals surface area contributed by atoms with E-state index in [0.717, 1.165) is 0 Å². The predicted molar refractivity (Wildman–Crippen MR) is 86.9 cm³/mol. The van der Waals surface area contributed by atoms with E-state index in [0.29, 0.717) is 19.1 Å². The molecule has 0 aromatic heterocycles. The molecule has 7 nitrogen and oxygen atoms in total. The van der Waals surface area contributed by atoms with Crippen molar-refractivity contribution in [1.29, 1.82) is 0 Å². The molecule has 0 spiro atoms. The lowest BCUT2D eigenvalue weighted by atomic mass is 10.1. The number of carbonyl (C=O) groups excluding carboxylic acids is 1. The zero-order valence-corrected chi connectivity index (χ0v) is 15.5. The van der Waals surface area contributed by atoms with Crippen molar-refractivity contribution in [3.63, 3.8) is 0 Å². The van der Waals surface area contributed by atoms with Gasteiger partial charge in [0.2, 0.25) is 35.0 Å². The van der Waals surface area contributed by atoms with Gasteiger partial charge >= 0.3 is 6.18 Å². The first-order valence-electron chi connectivity index (χ1n) is 8.09. The van der Waals surface area contributed by atoms with Gasteiger partial charge in [-0.05, 0) is 12.1 Å². The number of carbonyl (C=O) groups is 1. The Bertz CT molecular complexity index is 1060. The summed E-state index contributed by atoms with van der Waals surface area (Å²) in [5.41, 5.74) is -6.80. The SMILES string of the molecule is CC([O-])(COc1c(F)c(F)c(F)c(F)c1F)C(=O)Nc1ccc([N+](=O)[O-])c(C(F)(F)F)c1. The van der Waals surface area contributed by atoms with Crippen LogP contribution in [-0.4, -0.2) is 23.0 Å². The van der Waals surface area contributed by atoms with Crippen LogP contribution < -0.4 is 15.2 Å². The molecule has 2 rings (SSSR count). The van der Waals surface area contributed by atoms with Gasteiger partial charge < -0.3 is 15.2 Å². The third-order valence-electron chi connectivity index (χ3n) is 3.90. The largest absolute Gasteiger partial charge is 0.840 e. The van der Waals surface area contributed by atoms with E-state index in [1.54, 1.807) is 5.32 Å². The second-order valence-electron chi connectivity index (χ2n) is 6.36. The maximum Gasteiger partial charge on any atom is 0.423 e. The molecule has 1 atom stereocenters. The number of hydrogen-bond donors (Lipinski definition) is 1. The second kappa shape index (κ2) is 8.57. The molecule has 2 aromatic carbocycles. The van der Waals surface area contributed by atoms with Crippen molar-refractivity contribution in [1.82, 2.24) is 0 Å². The fourth-order valence-corrected chi connectivity index (χ4v) is 2.25. The molecule has 0 aliphatic carbocycles. The number of benzene rings is 2. The molecule has 0 aliphatic heterocycles. The summed E-state index contributed by atoms with van der Waals surface area (Å²) in [4.78, 5) is 21.5. The lowest BCUT2D eigenvalue weighted by Gasteiger charge is -2.34. The standard InChI is InChI=1S/C17H9F8N2O5/c1-16(29,5-32-14-12(21)10(19)9(18)11(20)13(14)22)15(28)26-6-2-3-8(27(30)31)7(4-6)17(23,24)25/h2-4H,5H2,1H3,(H,26,28)/q-1. The first kappa shape index (κ1) is 24.8. The third-order valence-corrected chi connectivity index (χ3v) is 3.90. The lowest BCUT2D eigenvalue weighted by molar-refractivity contribution is -0.455. The summed E-state index contributed by atoms with van der Waals surface area (Å²) in [5.74, 6) is -15.5. The van der Waals surface area contributed by atoms with Crippen LogP contribution >= 0.6 is 0 Å². The number of ether oxygens (including phenoxy) is 1. The van der Waals surface area contributed by atoms with Gasteiger partial charge in [-0.25, -0.2) is 13.2 Å². The van der Waals surface area contributed by atoms with Crippen molar-refractivity contribution in [3.05, 3.63) is 63.0 Å². The van der Waals surface area contributed by atoms with Crippen molar-refractivity contribution in [2.75, 3.05) is 11.9 Å². The van der Waals surface area contributed by atoms with Crippen LogP contribution in [0.15, 0.2) is 18.2 Å². The van der Waals surface area contributed by atoms with Crippen LogP contribution in [-0.2, 0) is 11.0 Å². The maximum atomic E-state index is 13.6. The van der Waals surface area contributed by atoms with Crippen molar-refractivity contribution in [2.45, 2.75) is 18.7 Å². The quantitative estimate of drug-likeness (QED) is 0.228. The summed E-state index contributed by atoms with van der Waals surface area (Å²) in [6.45, 7) is -0.958. The second-order valence-corrected chi connectivity index (χ2v) is 6.36. The summed E-state index contributed by atoms with van der Waals surface area (Å²) in [5, 5.41) is 24.7. The molecule has 1 amide bonds. The number of amides is 1. The van der Waals surface area contributed by atoms with E-state index in [4.69, 9.17) is 0 Å². The predicted octanol–water partition coefficient (Wildman–Crippen LogP) is 3.45. The molecule has 0 radical (unpaired) electrons. The maximum absolute atomic E-state index is 13.6. The number of alkyl halides is 3. The van der Waals surface area contributed by atoms with Crippen molar-refractivity contribution in [3.8, 4) is 5.75 Å². The van der Waals surface area contributed by atoms with E-state index in [1.165, 1.54) is 0 Å². The molecule has 2 aromatic rings. The first-order chi connectivity index (χ1) is 14.6. The molecule has 0 heterocycles. The minimum absolute atomic E-state index is 0.164. The van der Waals surface area contributed by atoms with Gasteiger partial charge in [0.25, 0.3) is 5.69 Å². The number of hydrogen-bond acceptors (Lipinski definition) is 5. The van der Waals surface area contributed by atoms with Crippen LogP contribution in [0.2, 0.25) is 0 Å². The third kappa shape index (κ3) is 4.87. The van der Waals surface area contributed by atoms with Crippen molar-refractivity contribution in [2.24, 2.45) is 0 Å². The van der Waals surface area contributed by atoms with E-state index in [2.05, 4.69) is 4.74 Å². The minimum Gasteiger partial charge on any atom is -0.840 e. The molecular weight excluding hydrogens is 464 g/mol. The lowest BCUT2D eigenvalue weighted by Crippen LogP contribution is -2.56. The summed E-state index contributed by atoms with van der Waals surface area (Å²) in [6, 6.07) is 1.25. The number of nitrogens with zero attached hydrogens (tertiary/aromatic N) is 1. The Balaban J connectivity index is 2.25. The Kier molecular flexibility index (Phi) is 6.63. The van der Waals surface area contributed by atoms with Crippen LogP contribution in [0.4, 0.5) is 46.5 Å². The normalized spacial score (nSPS) is 13.4. The summed E-state index contributed by atoms with van der Waals surface area (Å²) >= 11 is 0. The van der Waals surface area contributed by atoms with Crippen molar-refractivity contribution >= 4 is 17.3 Å². The van der Waals surface area contributed by atoms with Gasteiger partial charge in [0, 0.05) is 17.4 Å². The van der Waals surface area contributed by atoms with Gasteiger partial charge in [0.15, 0.2) is 5.75 Å². The van der Waals surface area contributed by atoms with Gasteiger partial charge in [-0.15, -0.1) is 0 Å². The smallest absolute Gasteiger partial charge is 0.423 e. The Morgan fingerprint density at radius 1 is 1.03 bits per heavy atom. The Hall–Kier alpha value is -3.49. The van der Waals surface area contributed by atoms with Crippen LogP contribution in [0, 0.1) is 39.2 Å². The van der Waals surface area contributed by atoms with E-state index >= 15 is 0 Å². The summed E-state index contributed by atoms with van der Waals surface area (Å²) in [6.07, 6.45) is -5.20. The Labute approximate surface area is 172 Å². The molecule has 1 N–H and O–H groups in total. The average molecular weight is 473 g/mol. The Morgan fingerprint density at radius 2 is 1.53 bits per heavy atom. The topological polar surface area (TPSA) is 105 Å². The number of halogens is 8. The van der Waals surface area contributed by atoms with Gasteiger partial charge in [-0.3, -0.25) is 14.9 Å². The van der Waals surface area contributed by atoms with Crippen LogP contribution in [0.25, 0.3) is 0 Å². The van der Waals surface area contributed by atoms with Gasteiger partial charge in [0.1, 0.15) is 5.56 Å². The van der Waals surface area contributed by atoms with Crippen LogP contribution in [0.3, 0.4) is 0 Å². The van der Waals surface area contributed by atoms with Gasteiger partial charge in [-0.2, -0.15) is 22.0 Å². The number of anilines is 1. The fourth-order valence-electron chi connectivity index (χ4n) is 2.25. The van der Waals surface area contributed by atoms with Crippen molar-refractivity contribution < 1.29 is 54.7 Å². The zero-order valence-electron chi connectivity index (χ0n) is 15.5.